The van der Waals surface area contributed by atoms with Crippen LogP contribution in [0.5, 0.6) is 5.75 Å². The molecule has 1 N–H and O–H groups in total. The van der Waals surface area contributed by atoms with Crippen LogP contribution >= 0.6 is 0 Å². The van der Waals surface area contributed by atoms with Gasteiger partial charge in [0.15, 0.2) is 0 Å². The van der Waals surface area contributed by atoms with Crippen molar-refractivity contribution >= 4 is 22.6 Å². The molecule has 2 aromatic heterocycles. The Morgan fingerprint density at radius 3 is 2.54 bits per heavy atom. The summed E-state index contributed by atoms with van der Waals surface area (Å²) >= 11 is 0. The third-order valence-corrected chi connectivity index (χ3v) is 4.22. The number of fused-ring (bicyclic) bond motifs is 1. The average Bonchev–Trinajstić information content (AvgIpc) is 2.64. The predicted octanol–water partition coefficient (Wildman–Crippen LogP) is 1.20. The minimum absolute atomic E-state index is 0.199. The highest BCUT2D eigenvalue weighted by molar-refractivity contribution is 6.07. The molecular formula is C18H18N4O4. The molecule has 0 saturated carbocycles. The topological polar surface area (TPSA) is 95.2 Å². The number of ether oxygens (including phenoxy) is 1. The number of anilines is 1. The maximum absolute atomic E-state index is 12.7. The Labute approximate surface area is 148 Å². The number of para-hydroxylation sites is 2. The van der Waals surface area contributed by atoms with E-state index < -0.39 is 17.2 Å². The highest BCUT2D eigenvalue weighted by Gasteiger charge is 2.17. The van der Waals surface area contributed by atoms with Gasteiger partial charge in [-0.3, -0.25) is 18.7 Å². The van der Waals surface area contributed by atoms with Crippen LogP contribution in [-0.4, -0.2) is 27.1 Å². The SMILES string of the molecule is COc1ccccc1NC(=O)c1cc2c(=O)n(C)c(=O)n(C)c2nc1C. The summed E-state index contributed by atoms with van der Waals surface area (Å²) in [5, 5.41) is 2.96. The number of methoxy groups -OCH3 is 1. The smallest absolute Gasteiger partial charge is 0.332 e. The van der Waals surface area contributed by atoms with E-state index in [4.69, 9.17) is 4.74 Å². The molecule has 0 aliphatic carbocycles. The molecule has 0 spiro atoms. The van der Waals surface area contributed by atoms with Crippen LogP contribution in [0.3, 0.4) is 0 Å². The number of carbonyl (C=O) groups excluding carboxylic acids is 1. The van der Waals surface area contributed by atoms with E-state index in [1.807, 2.05) is 0 Å². The molecule has 0 bridgehead atoms. The molecule has 0 radical (unpaired) electrons. The molecule has 26 heavy (non-hydrogen) atoms. The molecule has 1 aromatic carbocycles. The number of amides is 1. The van der Waals surface area contributed by atoms with Crippen LogP contribution in [0.4, 0.5) is 5.69 Å². The first-order valence-corrected chi connectivity index (χ1v) is 7.87. The van der Waals surface area contributed by atoms with Crippen LogP contribution in [0.2, 0.25) is 0 Å². The molecular weight excluding hydrogens is 336 g/mol. The van der Waals surface area contributed by atoms with Crippen LogP contribution in [0.15, 0.2) is 39.9 Å². The predicted molar refractivity (Wildman–Crippen MR) is 97.9 cm³/mol. The van der Waals surface area contributed by atoms with E-state index in [-0.39, 0.29) is 16.6 Å². The molecule has 0 aliphatic heterocycles. The van der Waals surface area contributed by atoms with Crippen molar-refractivity contribution in [1.82, 2.24) is 14.1 Å². The number of hydrogen-bond donors (Lipinski definition) is 1. The molecule has 3 rings (SSSR count). The van der Waals surface area contributed by atoms with Gasteiger partial charge in [-0.25, -0.2) is 9.78 Å². The van der Waals surface area contributed by atoms with Gasteiger partial charge in [-0.15, -0.1) is 0 Å². The highest BCUT2D eigenvalue weighted by Crippen LogP contribution is 2.24. The first-order chi connectivity index (χ1) is 12.3. The summed E-state index contributed by atoms with van der Waals surface area (Å²) in [5.41, 5.74) is 0.437. The van der Waals surface area contributed by atoms with E-state index >= 15 is 0 Å². The van der Waals surface area contributed by atoms with E-state index in [2.05, 4.69) is 10.3 Å². The third-order valence-electron chi connectivity index (χ3n) is 4.22. The molecule has 2 heterocycles. The molecule has 0 unspecified atom stereocenters. The molecule has 8 heteroatoms. The lowest BCUT2D eigenvalue weighted by Crippen LogP contribution is -2.37. The van der Waals surface area contributed by atoms with Gasteiger partial charge in [-0.05, 0) is 25.1 Å². The second-order valence-corrected chi connectivity index (χ2v) is 5.85. The van der Waals surface area contributed by atoms with Crippen molar-refractivity contribution in [2.24, 2.45) is 14.1 Å². The number of carbonyl (C=O) groups is 1. The number of nitrogens with zero attached hydrogens (tertiary/aromatic N) is 3. The lowest BCUT2D eigenvalue weighted by molar-refractivity contribution is 0.102. The van der Waals surface area contributed by atoms with Crippen LogP contribution in [0.25, 0.3) is 11.0 Å². The lowest BCUT2D eigenvalue weighted by Gasteiger charge is -2.12. The Bertz CT molecular complexity index is 1140. The zero-order chi connectivity index (χ0) is 19.0. The third kappa shape index (κ3) is 2.75. The number of benzene rings is 1. The maximum atomic E-state index is 12.7. The van der Waals surface area contributed by atoms with E-state index in [9.17, 15) is 14.4 Å². The zero-order valence-electron chi connectivity index (χ0n) is 14.9. The number of aryl methyl sites for hydroxylation is 2. The fourth-order valence-corrected chi connectivity index (χ4v) is 2.76. The van der Waals surface area contributed by atoms with Gasteiger partial charge in [0, 0.05) is 14.1 Å². The monoisotopic (exact) mass is 354 g/mol. The van der Waals surface area contributed by atoms with Crippen LogP contribution < -0.4 is 21.3 Å². The summed E-state index contributed by atoms with van der Waals surface area (Å²) in [7, 11) is 4.43. The highest BCUT2D eigenvalue weighted by atomic mass is 16.5. The average molecular weight is 354 g/mol. The first kappa shape index (κ1) is 17.4. The number of aromatic nitrogens is 3. The van der Waals surface area contributed by atoms with Crippen LogP contribution in [0, 0.1) is 6.92 Å². The number of nitrogens with one attached hydrogen (secondary N) is 1. The van der Waals surface area contributed by atoms with Crippen molar-refractivity contribution in [3.05, 3.63) is 62.4 Å². The van der Waals surface area contributed by atoms with E-state index in [1.165, 1.54) is 31.8 Å². The fourth-order valence-electron chi connectivity index (χ4n) is 2.76. The van der Waals surface area contributed by atoms with Gasteiger partial charge in [0.1, 0.15) is 11.4 Å². The molecule has 0 aliphatic rings. The normalized spacial score (nSPS) is 10.8. The molecule has 1 amide bonds. The van der Waals surface area contributed by atoms with Gasteiger partial charge in [0.05, 0.1) is 29.4 Å². The van der Waals surface area contributed by atoms with Crippen molar-refractivity contribution in [2.45, 2.75) is 6.92 Å². The second-order valence-electron chi connectivity index (χ2n) is 5.85. The Hall–Kier alpha value is -3.42. The van der Waals surface area contributed by atoms with Gasteiger partial charge in [0.25, 0.3) is 11.5 Å². The molecule has 0 fully saturated rings. The van der Waals surface area contributed by atoms with Crippen molar-refractivity contribution in [3.8, 4) is 5.75 Å². The summed E-state index contributed by atoms with van der Waals surface area (Å²) in [4.78, 5) is 41.5. The Kier molecular flexibility index (Phi) is 4.33. The maximum Gasteiger partial charge on any atom is 0.332 e. The first-order valence-electron chi connectivity index (χ1n) is 7.87. The summed E-state index contributed by atoms with van der Waals surface area (Å²) < 4.78 is 7.50. The van der Waals surface area contributed by atoms with Gasteiger partial charge >= 0.3 is 5.69 Å². The van der Waals surface area contributed by atoms with Crippen molar-refractivity contribution < 1.29 is 9.53 Å². The molecule has 0 saturated heterocycles. The van der Waals surface area contributed by atoms with Crippen LogP contribution in [-0.2, 0) is 14.1 Å². The molecule has 0 atom stereocenters. The van der Waals surface area contributed by atoms with Gasteiger partial charge in [-0.2, -0.15) is 0 Å². The Morgan fingerprint density at radius 2 is 1.85 bits per heavy atom. The van der Waals surface area contributed by atoms with Gasteiger partial charge in [-0.1, -0.05) is 12.1 Å². The fraction of sp³-hybridized carbons (Fsp3) is 0.222. The summed E-state index contributed by atoms with van der Waals surface area (Å²) in [6.45, 7) is 1.65. The minimum Gasteiger partial charge on any atom is -0.495 e. The van der Waals surface area contributed by atoms with Gasteiger partial charge in [0.2, 0.25) is 0 Å². The van der Waals surface area contributed by atoms with E-state index in [0.717, 1.165) is 4.57 Å². The molecule has 3 aromatic rings. The lowest BCUT2D eigenvalue weighted by atomic mass is 10.1. The van der Waals surface area contributed by atoms with Crippen molar-refractivity contribution in [2.75, 3.05) is 12.4 Å². The molecule has 134 valence electrons. The quantitative estimate of drug-likeness (QED) is 0.763. The summed E-state index contributed by atoms with van der Waals surface area (Å²) in [6.07, 6.45) is 0. The summed E-state index contributed by atoms with van der Waals surface area (Å²) in [5.74, 6) is 0.0999. The number of hydrogen-bond acceptors (Lipinski definition) is 5. The van der Waals surface area contributed by atoms with Crippen molar-refractivity contribution in [1.29, 1.82) is 0 Å². The van der Waals surface area contributed by atoms with Crippen molar-refractivity contribution in [3.63, 3.8) is 0 Å². The van der Waals surface area contributed by atoms with E-state index in [1.54, 1.807) is 31.2 Å². The minimum atomic E-state index is -0.498. The van der Waals surface area contributed by atoms with Crippen LogP contribution in [0.1, 0.15) is 16.1 Å². The van der Waals surface area contributed by atoms with E-state index in [0.29, 0.717) is 17.1 Å². The summed E-state index contributed by atoms with van der Waals surface area (Å²) in [6, 6.07) is 8.47. The zero-order valence-corrected chi connectivity index (χ0v) is 14.9. The Balaban J connectivity index is 2.14. The number of pyridine rings is 1. The Morgan fingerprint density at radius 1 is 1.15 bits per heavy atom. The largest absolute Gasteiger partial charge is 0.495 e. The van der Waals surface area contributed by atoms with Gasteiger partial charge < -0.3 is 10.1 Å². The molecule has 8 nitrogen and oxygen atoms in total. The second kappa shape index (κ2) is 6.47. The standard InChI is InChI=1S/C18H18N4O4/c1-10-11(16(23)20-13-7-5-6-8-14(13)26-4)9-12-15(19-10)21(2)18(25)22(3)17(12)24/h5-9H,1-4H3,(H,20,23). The number of rotatable bonds is 3.